The van der Waals surface area contributed by atoms with Gasteiger partial charge in [0, 0.05) is 31.7 Å². The molecule has 1 aliphatic heterocycles. The van der Waals surface area contributed by atoms with Crippen LogP contribution in [0.25, 0.3) is 0 Å². The van der Waals surface area contributed by atoms with Gasteiger partial charge in [-0.25, -0.2) is 0 Å². The summed E-state index contributed by atoms with van der Waals surface area (Å²) >= 11 is 0. The molecule has 1 heterocycles. The van der Waals surface area contributed by atoms with Crippen molar-refractivity contribution in [3.8, 4) is 0 Å². The summed E-state index contributed by atoms with van der Waals surface area (Å²) < 4.78 is 0. The van der Waals surface area contributed by atoms with Gasteiger partial charge in [0.15, 0.2) is 0 Å². The van der Waals surface area contributed by atoms with Crippen LogP contribution in [0.15, 0.2) is 84.9 Å². The van der Waals surface area contributed by atoms with Crippen molar-refractivity contribution in [3.63, 3.8) is 0 Å². The van der Waals surface area contributed by atoms with E-state index in [2.05, 4.69) is 65.6 Å². The Morgan fingerprint density at radius 2 is 1.21 bits per heavy atom. The summed E-state index contributed by atoms with van der Waals surface area (Å²) in [6.07, 6.45) is 0. The van der Waals surface area contributed by atoms with Gasteiger partial charge in [-0.1, -0.05) is 78.4 Å². The van der Waals surface area contributed by atoms with Gasteiger partial charge in [0.2, 0.25) is 0 Å². The Hall–Kier alpha value is -2.91. The summed E-state index contributed by atoms with van der Waals surface area (Å²) in [5.41, 5.74) is 4.55. The standard InChI is InChI=1S/C25H26N2O/c1-20-12-14-23(15-13-20)25(28)27-18-16-26(17-19-27)24(21-8-4-2-5-9-21)22-10-6-3-7-11-22/h2-15,24H,16-19H2,1H3. The maximum absolute atomic E-state index is 12.8. The third-order valence-corrected chi connectivity index (χ3v) is 5.50. The molecule has 0 N–H and O–H groups in total. The number of hydrogen-bond acceptors (Lipinski definition) is 2. The quantitative estimate of drug-likeness (QED) is 0.673. The van der Waals surface area contributed by atoms with Gasteiger partial charge in [-0.2, -0.15) is 0 Å². The van der Waals surface area contributed by atoms with Crippen molar-refractivity contribution in [1.82, 2.24) is 9.80 Å². The van der Waals surface area contributed by atoms with Crippen LogP contribution in [-0.2, 0) is 0 Å². The molecule has 0 aliphatic carbocycles. The van der Waals surface area contributed by atoms with Crippen LogP contribution in [-0.4, -0.2) is 41.9 Å². The predicted molar refractivity (Wildman–Crippen MR) is 113 cm³/mol. The first-order chi connectivity index (χ1) is 13.7. The lowest BCUT2D eigenvalue weighted by atomic mass is 9.96. The van der Waals surface area contributed by atoms with Crippen molar-refractivity contribution < 1.29 is 4.79 Å². The first-order valence-corrected chi connectivity index (χ1v) is 9.92. The Morgan fingerprint density at radius 3 is 1.71 bits per heavy atom. The Morgan fingerprint density at radius 1 is 0.714 bits per heavy atom. The van der Waals surface area contributed by atoms with E-state index in [0.29, 0.717) is 0 Å². The minimum absolute atomic E-state index is 0.135. The molecule has 1 saturated heterocycles. The second-order valence-electron chi connectivity index (χ2n) is 7.42. The number of carbonyl (C=O) groups excluding carboxylic acids is 1. The molecule has 0 spiro atoms. The molecule has 1 aliphatic rings. The second kappa shape index (κ2) is 8.41. The maximum atomic E-state index is 12.8. The molecule has 0 aromatic heterocycles. The van der Waals surface area contributed by atoms with Gasteiger partial charge in [-0.15, -0.1) is 0 Å². The summed E-state index contributed by atoms with van der Waals surface area (Å²) in [5, 5.41) is 0. The summed E-state index contributed by atoms with van der Waals surface area (Å²) in [6, 6.07) is 29.4. The van der Waals surface area contributed by atoms with E-state index in [1.165, 1.54) is 16.7 Å². The van der Waals surface area contributed by atoms with Crippen molar-refractivity contribution in [2.45, 2.75) is 13.0 Å². The lowest BCUT2D eigenvalue weighted by Crippen LogP contribution is -2.49. The van der Waals surface area contributed by atoms with E-state index >= 15 is 0 Å². The molecule has 1 fully saturated rings. The smallest absolute Gasteiger partial charge is 0.253 e. The van der Waals surface area contributed by atoms with Gasteiger partial charge >= 0.3 is 0 Å². The van der Waals surface area contributed by atoms with Crippen LogP contribution >= 0.6 is 0 Å². The Labute approximate surface area is 167 Å². The molecule has 28 heavy (non-hydrogen) atoms. The van der Waals surface area contributed by atoms with Crippen LogP contribution in [0.3, 0.4) is 0 Å². The zero-order valence-corrected chi connectivity index (χ0v) is 16.3. The number of piperazine rings is 1. The average molecular weight is 370 g/mol. The number of nitrogens with zero attached hydrogens (tertiary/aromatic N) is 2. The lowest BCUT2D eigenvalue weighted by Gasteiger charge is -2.39. The van der Waals surface area contributed by atoms with Gasteiger partial charge in [0.05, 0.1) is 6.04 Å². The molecule has 3 heteroatoms. The Bertz CT molecular complexity index is 859. The first kappa shape index (κ1) is 18.5. The van der Waals surface area contributed by atoms with Crippen molar-refractivity contribution in [1.29, 1.82) is 0 Å². The first-order valence-electron chi connectivity index (χ1n) is 9.92. The van der Waals surface area contributed by atoms with Crippen LogP contribution in [0.4, 0.5) is 0 Å². The SMILES string of the molecule is Cc1ccc(C(=O)N2CCN(C(c3ccccc3)c3ccccc3)CC2)cc1. The van der Waals surface area contributed by atoms with Crippen molar-refractivity contribution in [2.75, 3.05) is 26.2 Å². The zero-order valence-electron chi connectivity index (χ0n) is 16.3. The van der Waals surface area contributed by atoms with E-state index in [-0.39, 0.29) is 11.9 Å². The zero-order chi connectivity index (χ0) is 19.3. The topological polar surface area (TPSA) is 23.6 Å². The lowest BCUT2D eigenvalue weighted by molar-refractivity contribution is 0.0597. The molecule has 142 valence electrons. The van der Waals surface area contributed by atoms with E-state index in [4.69, 9.17) is 0 Å². The molecule has 3 aromatic carbocycles. The molecule has 0 radical (unpaired) electrons. The number of rotatable bonds is 4. The van der Waals surface area contributed by atoms with E-state index in [1.54, 1.807) is 0 Å². The largest absolute Gasteiger partial charge is 0.336 e. The molecule has 3 nitrogen and oxygen atoms in total. The van der Waals surface area contributed by atoms with E-state index in [0.717, 1.165) is 31.7 Å². The Kier molecular flexibility index (Phi) is 5.54. The highest BCUT2D eigenvalue weighted by Gasteiger charge is 2.28. The number of aryl methyl sites for hydroxylation is 1. The van der Waals surface area contributed by atoms with Gasteiger partial charge in [-0.3, -0.25) is 9.69 Å². The summed E-state index contributed by atoms with van der Waals surface area (Å²) in [7, 11) is 0. The predicted octanol–water partition coefficient (Wildman–Crippen LogP) is 4.54. The third kappa shape index (κ3) is 4.00. The normalized spacial score (nSPS) is 15.0. The van der Waals surface area contributed by atoms with Crippen LogP contribution in [0.2, 0.25) is 0 Å². The molecule has 4 rings (SSSR count). The fourth-order valence-corrected chi connectivity index (χ4v) is 3.95. The molecule has 0 unspecified atom stereocenters. The fourth-order valence-electron chi connectivity index (χ4n) is 3.95. The summed E-state index contributed by atoms with van der Waals surface area (Å²) in [5.74, 6) is 0.135. The molecule has 0 bridgehead atoms. The highest BCUT2D eigenvalue weighted by molar-refractivity contribution is 5.94. The van der Waals surface area contributed by atoms with Gasteiger partial charge < -0.3 is 4.90 Å². The molecule has 0 saturated carbocycles. The van der Waals surface area contributed by atoms with E-state index in [1.807, 2.05) is 36.1 Å². The van der Waals surface area contributed by atoms with Crippen LogP contribution in [0, 0.1) is 6.92 Å². The van der Waals surface area contributed by atoms with Crippen molar-refractivity contribution >= 4 is 5.91 Å². The fraction of sp³-hybridized carbons (Fsp3) is 0.240. The van der Waals surface area contributed by atoms with E-state index in [9.17, 15) is 4.79 Å². The molecular weight excluding hydrogens is 344 g/mol. The van der Waals surface area contributed by atoms with Gasteiger partial charge in [0.25, 0.3) is 5.91 Å². The second-order valence-corrected chi connectivity index (χ2v) is 7.42. The highest BCUT2D eigenvalue weighted by atomic mass is 16.2. The molecule has 1 amide bonds. The number of carbonyl (C=O) groups is 1. The number of benzene rings is 3. The third-order valence-electron chi connectivity index (χ3n) is 5.50. The molecular formula is C25H26N2O. The van der Waals surface area contributed by atoms with Crippen molar-refractivity contribution in [3.05, 3.63) is 107 Å². The minimum atomic E-state index is 0.135. The van der Waals surface area contributed by atoms with Crippen LogP contribution < -0.4 is 0 Å². The maximum Gasteiger partial charge on any atom is 0.253 e. The monoisotopic (exact) mass is 370 g/mol. The molecule has 3 aromatic rings. The highest BCUT2D eigenvalue weighted by Crippen LogP contribution is 2.29. The number of amides is 1. The summed E-state index contributed by atoms with van der Waals surface area (Å²) in [6.45, 7) is 5.28. The minimum Gasteiger partial charge on any atom is -0.336 e. The number of hydrogen-bond donors (Lipinski definition) is 0. The van der Waals surface area contributed by atoms with Crippen LogP contribution in [0.5, 0.6) is 0 Å². The Balaban J connectivity index is 1.50. The van der Waals surface area contributed by atoms with Gasteiger partial charge in [0.1, 0.15) is 0 Å². The van der Waals surface area contributed by atoms with Gasteiger partial charge in [-0.05, 0) is 30.2 Å². The van der Waals surface area contributed by atoms with Crippen molar-refractivity contribution in [2.24, 2.45) is 0 Å². The average Bonchev–Trinajstić information content (AvgIpc) is 2.76. The van der Waals surface area contributed by atoms with Crippen LogP contribution in [0.1, 0.15) is 33.1 Å². The summed E-state index contributed by atoms with van der Waals surface area (Å²) in [4.78, 5) is 17.3. The van der Waals surface area contributed by atoms with E-state index < -0.39 is 0 Å². The molecule has 0 atom stereocenters.